The lowest BCUT2D eigenvalue weighted by atomic mass is 9.76. The summed E-state index contributed by atoms with van der Waals surface area (Å²) >= 11 is 0. The van der Waals surface area contributed by atoms with Gasteiger partial charge in [-0.3, -0.25) is 4.79 Å². The van der Waals surface area contributed by atoms with Crippen molar-refractivity contribution in [1.29, 1.82) is 0 Å². The van der Waals surface area contributed by atoms with Gasteiger partial charge < -0.3 is 15.2 Å². The fraction of sp³-hybridized carbons (Fsp3) is 0.800. The summed E-state index contributed by atoms with van der Waals surface area (Å²) in [7, 11) is 0. The summed E-state index contributed by atoms with van der Waals surface area (Å²) in [5.74, 6) is -1.24. The SMILES string of the molecule is CC(C)[C@H](O)C12NC(=O)[C@H](C)[C@@H]1OC2=O. The second-order valence-corrected chi connectivity index (χ2v) is 4.66. The molecular formula is C10H15NO4. The molecule has 5 nitrogen and oxygen atoms in total. The van der Waals surface area contributed by atoms with Gasteiger partial charge in [0, 0.05) is 0 Å². The summed E-state index contributed by atoms with van der Waals surface area (Å²) in [6, 6.07) is 0. The summed E-state index contributed by atoms with van der Waals surface area (Å²) < 4.78 is 4.94. The fourth-order valence-corrected chi connectivity index (χ4v) is 2.33. The van der Waals surface area contributed by atoms with Crippen molar-refractivity contribution >= 4 is 11.9 Å². The average Bonchev–Trinajstić information content (AvgIpc) is 2.37. The smallest absolute Gasteiger partial charge is 0.338 e. The minimum atomic E-state index is -1.19. The fourth-order valence-electron chi connectivity index (χ4n) is 2.33. The Labute approximate surface area is 87.8 Å². The summed E-state index contributed by atoms with van der Waals surface area (Å²) in [5, 5.41) is 12.6. The Balaban J connectivity index is 2.33. The van der Waals surface area contributed by atoms with Crippen molar-refractivity contribution in [1.82, 2.24) is 5.32 Å². The Morgan fingerprint density at radius 2 is 2.07 bits per heavy atom. The zero-order valence-corrected chi connectivity index (χ0v) is 8.98. The second kappa shape index (κ2) is 2.95. The summed E-state index contributed by atoms with van der Waals surface area (Å²) in [5.41, 5.74) is -1.19. The van der Waals surface area contributed by atoms with Crippen molar-refractivity contribution in [3.8, 4) is 0 Å². The highest BCUT2D eigenvalue weighted by atomic mass is 16.6. The van der Waals surface area contributed by atoms with Gasteiger partial charge in [0.05, 0.1) is 12.0 Å². The van der Waals surface area contributed by atoms with Gasteiger partial charge in [-0.05, 0) is 12.8 Å². The first-order valence-electron chi connectivity index (χ1n) is 5.12. The van der Waals surface area contributed by atoms with Crippen LogP contribution in [0.2, 0.25) is 0 Å². The van der Waals surface area contributed by atoms with Gasteiger partial charge in [-0.15, -0.1) is 0 Å². The second-order valence-electron chi connectivity index (χ2n) is 4.66. The maximum atomic E-state index is 11.5. The molecule has 5 heteroatoms. The predicted molar refractivity (Wildman–Crippen MR) is 50.8 cm³/mol. The van der Waals surface area contributed by atoms with E-state index in [1.54, 1.807) is 20.8 Å². The van der Waals surface area contributed by atoms with E-state index in [1.165, 1.54) is 0 Å². The lowest BCUT2D eigenvalue weighted by Gasteiger charge is -2.46. The third-order valence-electron chi connectivity index (χ3n) is 3.32. The van der Waals surface area contributed by atoms with Crippen LogP contribution in [0.15, 0.2) is 0 Å². The number of nitrogens with one attached hydrogen (secondary N) is 1. The third kappa shape index (κ3) is 1.07. The molecule has 0 aromatic rings. The van der Waals surface area contributed by atoms with E-state index >= 15 is 0 Å². The number of hydrogen-bond donors (Lipinski definition) is 2. The lowest BCUT2D eigenvalue weighted by Crippen LogP contribution is -2.73. The number of esters is 1. The van der Waals surface area contributed by atoms with Crippen LogP contribution >= 0.6 is 0 Å². The molecule has 0 saturated carbocycles. The number of amides is 1. The Bertz CT molecular complexity index is 327. The molecule has 15 heavy (non-hydrogen) atoms. The van der Waals surface area contributed by atoms with Crippen LogP contribution in [0.4, 0.5) is 0 Å². The monoisotopic (exact) mass is 213 g/mol. The zero-order valence-electron chi connectivity index (χ0n) is 8.98. The number of rotatable bonds is 2. The van der Waals surface area contributed by atoms with Gasteiger partial charge >= 0.3 is 5.97 Å². The molecule has 2 heterocycles. The molecule has 2 N–H and O–H groups in total. The topological polar surface area (TPSA) is 75.6 Å². The molecule has 2 rings (SSSR count). The van der Waals surface area contributed by atoms with Gasteiger partial charge in [0.15, 0.2) is 0 Å². The average molecular weight is 213 g/mol. The van der Waals surface area contributed by atoms with Crippen molar-refractivity contribution in [2.24, 2.45) is 11.8 Å². The number of hydrogen-bond acceptors (Lipinski definition) is 4. The Morgan fingerprint density at radius 3 is 2.47 bits per heavy atom. The van der Waals surface area contributed by atoms with Crippen molar-refractivity contribution in [2.45, 2.75) is 38.5 Å². The standard InChI is InChI=1S/C10H15NO4/c1-4(2)6(12)10-7(15-9(10)14)5(3)8(13)11-10/h4-7,12H,1-3H3,(H,11,13)/t5-,6+,7+,10?/m1/s1. The molecule has 1 amide bonds. The predicted octanol–water partition coefficient (Wildman–Crippen LogP) is -0.567. The molecule has 84 valence electrons. The zero-order chi connectivity index (χ0) is 11.4. The van der Waals surface area contributed by atoms with Crippen LogP contribution in [-0.2, 0) is 14.3 Å². The number of ether oxygens (including phenoxy) is 1. The van der Waals surface area contributed by atoms with Gasteiger partial charge in [0.25, 0.3) is 0 Å². The normalized spacial score (nSPS) is 40.6. The first-order valence-corrected chi connectivity index (χ1v) is 5.12. The highest BCUT2D eigenvalue weighted by molar-refractivity contribution is 5.99. The molecule has 0 radical (unpaired) electrons. The lowest BCUT2D eigenvalue weighted by molar-refractivity contribution is -0.206. The van der Waals surface area contributed by atoms with Crippen molar-refractivity contribution < 1.29 is 19.4 Å². The van der Waals surface area contributed by atoms with Gasteiger partial charge in [-0.1, -0.05) is 13.8 Å². The minimum absolute atomic E-state index is 0.106. The van der Waals surface area contributed by atoms with Crippen LogP contribution in [0.5, 0.6) is 0 Å². The first-order chi connectivity index (χ1) is 6.91. The van der Waals surface area contributed by atoms with Crippen molar-refractivity contribution in [3.05, 3.63) is 0 Å². The van der Waals surface area contributed by atoms with E-state index < -0.39 is 23.7 Å². The maximum Gasteiger partial charge on any atom is 0.338 e. The maximum absolute atomic E-state index is 11.5. The quantitative estimate of drug-likeness (QED) is 0.602. The first kappa shape index (κ1) is 10.4. The van der Waals surface area contributed by atoms with Crippen LogP contribution in [0.25, 0.3) is 0 Å². The van der Waals surface area contributed by atoms with E-state index in [9.17, 15) is 14.7 Å². The molecule has 2 aliphatic rings. The van der Waals surface area contributed by atoms with Crippen LogP contribution in [0.1, 0.15) is 20.8 Å². The highest BCUT2D eigenvalue weighted by Crippen LogP contribution is 2.42. The molecular weight excluding hydrogens is 198 g/mol. The molecule has 0 aromatic carbocycles. The Kier molecular flexibility index (Phi) is 2.05. The van der Waals surface area contributed by atoms with Crippen LogP contribution < -0.4 is 5.32 Å². The van der Waals surface area contributed by atoms with E-state index in [1.807, 2.05) is 0 Å². The van der Waals surface area contributed by atoms with E-state index in [4.69, 9.17) is 4.74 Å². The van der Waals surface area contributed by atoms with Gasteiger partial charge in [0.1, 0.15) is 6.10 Å². The van der Waals surface area contributed by atoms with E-state index in [2.05, 4.69) is 5.32 Å². The molecule has 0 spiro atoms. The summed E-state index contributed by atoms with van der Waals surface area (Å²) in [6.07, 6.45) is -1.41. The van der Waals surface area contributed by atoms with Crippen LogP contribution in [0, 0.1) is 11.8 Å². The number of carbonyl (C=O) groups is 2. The number of carbonyl (C=O) groups excluding carboxylic acids is 2. The Hall–Kier alpha value is -1.10. The minimum Gasteiger partial charge on any atom is -0.456 e. The molecule has 0 bridgehead atoms. The van der Waals surface area contributed by atoms with E-state index in [0.717, 1.165) is 0 Å². The summed E-state index contributed by atoms with van der Waals surface area (Å²) in [6.45, 7) is 5.30. The van der Waals surface area contributed by atoms with Gasteiger partial charge in [0.2, 0.25) is 11.4 Å². The molecule has 4 atom stereocenters. The number of aliphatic hydroxyl groups is 1. The highest BCUT2D eigenvalue weighted by Gasteiger charge is 2.70. The largest absolute Gasteiger partial charge is 0.456 e. The molecule has 2 saturated heterocycles. The molecule has 2 aliphatic heterocycles. The van der Waals surface area contributed by atoms with Gasteiger partial charge in [-0.2, -0.15) is 0 Å². The molecule has 0 aromatic heterocycles. The molecule has 0 aliphatic carbocycles. The number of fused-ring (bicyclic) bond motifs is 1. The van der Waals surface area contributed by atoms with E-state index in [-0.39, 0.29) is 17.7 Å². The van der Waals surface area contributed by atoms with E-state index in [0.29, 0.717) is 0 Å². The van der Waals surface area contributed by atoms with Crippen LogP contribution in [-0.4, -0.2) is 34.7 Å². The summed E-state index contributed by atoms with van der Waals surface area (Å²) in [4.78, 5) is 22.9. The van der Waals surface area contributed by atoms with Crippen molar-refractivity contribution in [2.75, 3.05) is 0 Å². The number of aliphatic hydroxyl groups excluding tert-OH is 1. The Morgan fingerprint density at radius 1 is 1.47 bits per heavy atom. The molecule has 2 fully saturated rings. The third-order valence-corrected chi connectivity index (χ3v) is 3.32. The van der Waals surface area contributed by atoms with Gasteiger partial charge in [-0.25, -0.2) is 4.79 Å². The molecule has 1 unspecified atom stereocenters. The van der Waals surface area contributed by atoms with Crippen LogP contribution in [0.3, 0.4) is 0 Å². The van der Waals surface area contributed by atoms with Crippen molar-refractivity contribution in [3.63, 3.8) is 0 Å².